The van der Waals surface area contributed by atoms with E-state index in [9.17, 15) is 9.59 Å². The summed E-state index contributed by atoms with van der Waals surface area (Å²) in [7, 11) is 0. The second-order valence-corrected chi connectivity index (χ2v) is 3.20. The fourth-order valence-corrected chi connectivity index (χ4v) is 1.51. The minimum atomic E-state index is -0.988. The molecule has 74 valence electrons. The minimum Gasteiger partial charge on any atom is -0.481 e. The number of carboxylic acids is 2. The molecule has 0 aromatic rings. The lowest BCUT2D eigenvalue weighted by Gasteiger charge is -2.24. The number of nitrogens with one attached hydrogen (secondary N) is 2. The second-order valence-electron chi connectivity index (χ2n) is 3.20. The van der Waals surface area contributed by atoms with Crippen LogP contribution in [0.4, 0.5) is 0 Å². The van der Waals surface area contributed by atoms with E-state index in [1.54, 1.807) is 0 Å². The molecule has 1 saturated heterocycles. The van der Waals surface area contributed by atoms with E-state index in [0.717, 1.165) is 0 Å². The van der Waals surface area contributed by atoms with Crippen molar-refractivity contribution in [3.63, 3.8) is 0 Å². The Bertz CT molecular complexity index is 205. The summed E-state index contributed by atoms with van der Waals surface area (Å²) in [4.78, 5) is 21.0. The average molecular weight is 188 g/mol. The highest BCUT2D eigenvalue weighted by Crippen LogP contribution is 2.17. The number of hydrogen-bond acceptors (Lipinski definition) is 4. The monoisotopic (exact) mass is 188 g/mol. The largest absolute Gasteiger partial charge is 0.481 e. The van der Waals surface area contributed by atoms with Crippen molar-refractivity contribution >= 4 is 11.9 Å². The first-order chi connectivity index (χ1) is 6.04. The van der Waals surface area contributed by atoms with Crippen molar-refractivity contribution in [3.8, 4) is 0 Å². The molecule has 6 nitrogen and oxygen atoms in total. The molecular weight excluding hydrogens is 176 g/mol. The minimum absolute atomic E-state index is 0.174. The van der Waals surface area contributed by atoms with Gasteiger partial charge in [0.2, 0.25) is 0 Å². The molecule has 0 radical (unpaired) electrons. The molecule has 0 saturated carbocycles. The van der Waals surface area contributed by atoms with Gasteiger partial charge in [-0.25, -0.2) is 0 Å². The number of rotatable bonds is 4. The summed E-state index contributed by atoms with van der Waals surface area (Å²) in [6.07, 6.45) is -0.349. The summed E-state index contributed by atoms with van der Waals surface area (Å²) < 4.78 is 0. The fraction of sp³-hybridized carbons (Fsp3) is 0.714. The van der Waals surface area contributed by atoms with Crippen LogP contribution in [0.15, 0.2) is 0 Å². The highest BCUT2D eigenvalue weighted by molar-refractivity contribution is 5.73. The van der Waals surface area contributed by atoms with E-state index in [1.807, 2.05) is 0 Å². The number of carboxylic acid groups (broad SMARTS) is 2. The van der Waals surface area contributed by atoms with E-state index in [2.05, 4.69) is 10.6 Å². The van der Waals surface area contributed by atoms with Crippen molar-refractivity contribution in [2.45, 2.75) is 18.4 Å². The molecule has 0 amide bonds. The predicted molar refractivity (Wildman–Crippen MR) is 43.2 cm³/mol. The molecule has 0 aromatic heterocycles. The molecule has 1 heterocycles. The van der Waals surface area contributed by atoms with E-state index in [-0.39, 0.29) is 12.8 Å². The Morgan fingerprint density at radius 1 is 1.23 bits per heavy atom. The first kappa shape index (κ1) is 9.94. The first-order valence-electron chi connectivity index (χ1n) is 3.93. The van der Waals surface area contributed by atoms with Crippen LogP contribution in [-0.2, 0) is 9.59 Å². The number of carbonyl (C=O) groups is 2. The smallest absolute Gasteiger partial charge is 0.305 e. The summed E-state index contributed by atoms with van der Waals surface area (Å²) in [6.45, 7) is 0.839. The summed E-state index contributed by atoms with van der Waals surface area (Å²) in [5.41, 5.74) is -0.822. The van der Waals surface area contributed by atoms with Gasteiger partial charge in [0.15, 0.2) is 0 Å². The lowest BCUT2D eigenvalue weighted by atomic mass is 9.92. The van der Waals surface area contributed by atoms with Gasteiger partial charge in [0.05, 0.1) is 18.4 Å². The van der Waals surface area contributed by atoms with Crippen molar-refractivity contribution < 1.29 is 19.8 Å². The van der Waals surface area contributed by atoms with E-state index in [1.165, 1.54) is 0 Å². The molecule has 4 N–H and O–H groups in total. The van der Waals surface area contributed by atoms with E-state index < -0.39 is 17.5 Å². The molecule has 13 heavy (non-hydrogen) atoms. The fourth-order valence-electron chi connectivity index (χ4n) is 1.51. The zero-order valence-electron chi connectivity index (χ0n) is 7.04. The summed E-state index contributed by atoms with van der Waals surface area (Å²) in [5.74, 6) is -1.98. The van der Waals surface area contributed by atoms with Gasteiger partial charge in [-0.1, -0.05) is 0 Å². The van der Waals surface area contributed by atoms with E-state index in [4.69, 9.17) is 10.2 Å². The van der Waals surface area contributed by atoms with Crippen molar-refractivity contribution in [1.82, 2.24) is 10.6 Å². The van der Waals surface area contributed by atoms with E-state index in [0.29, 0.717) is 13.2 Å². The molecule has 0 spiro atoms. The molecular formula is C7H12N2O4. The van der Waals surface area contributed by atoms with Gasteiger partial charge in [-0.2, -0.15) is 0 Å². The molecule has 1 rings (SSSR count). The highest BCUT2D eigenvalue weighted by atomic mass is 16.4. The Balaban J connectivity index is 2.62. The first-order valence-corrected chi connectivity index (χ1v) is 3.93. The van der Waals surface area contributed by atoms with Gasteiger partial charge in [-0.15, -0.1) is 0 Å². The molecule has 0 unspecified atom stereocenters. The molecule has 0 aliphatic carbocycles. The van der Waals surface area contributed by atoms with Gasteiger partial charge < -0.3 is 15.5 Å². The zero-order chi connectivity index (χ0) is 9.90. The Kier molecular flexibility index (Phi) is 2.84. The molecule has 0 atom stereocenters. The maximum atomic E-state index is 10.5. The lowest BCUT2D eigenvalue weighted by Crippen LogP contribution is -2.46. The third kappa shape index (κ3) is 2.67. The molecule has 1 fully saturated rings. The molecule has 0 aromatic carbocycles. The van der Waals surface area contributed by atoms with Crippen molar-refractivity contribution in [3.05, 3.63) is 0 Å². The molecule has 1 aliphatic rings. The summed E-state index contributed by atoms with van der Waals surface area (Å²) in [6, 6.07) is 0. The van der Waals surface area contributed by atoms with Crippen LogP contribution < -0.4 is 10.6 Å². The van der Waals surface area contributed by atoms with Crippen molar-refractivity contribution in [2.24, 2.45) is 0 Å². The molecule has 0 bridgehead atoms. The van der Waals surface area contributed by atoms with Gasteiger partial charge in [0.1, 0.15) is 0 Å². The Hall–Kier alpha value is -1.14. The number of aliphatic carboxylic acids is 2. The SMILES string of the molecule is O=C(O)CC1(CC(=O)O)CNCN1. The predicted octanol–water partition coefficient (Wildman–Crippen LogP) is -1.18. The normalized spacial score (nSPS) is 20.0. The zero-order valence-corrected chi connectivity index (χ0v) is 7.04. The highest BCUT2D eigenvalue weighted by Gasteiger charge is 2.37. The topological polar surface area (TPSA) is 98.7 Å². The van der Waals surface area contributed by atoms with Crippen molar-refractivity contribution in [1.29, 1.82) is 0 Å². The van der Waals surface area contributed by atoms with Gasteiger partial charge >= 0.3 is 11.9 Å². The molecule has 6 heteroatoms. The van der Waals surface area contributed by atoms with Crippen molar-refractivity contribution in [2.75, 3.05) is 13.2 Å². The standard InChI is InChI=1S/C7H12N2O4/c10-5(11)1-7(2-6(12)13)3-8-4-9-7/h8-9H,1-4H2,(H,10,11)(H,12,13). The van der Waals surface area contributed by atoms with Crippen LogP contribution in [0.3, 0.4) is 0 Å². The van der Waals surface area contributed by atoms with Gasteiger partial charge in [0.25, 0.3) is 0 Å². The summed E-state index contributed by atoms with van der Waals surface area (Å²) >= 11 is 0. The van der Waals surface area contributed by atoms with Gasteiger partial charge in [-0.05, 0) is 0 Å². The second kappa shape index (κ2) is 3.71. The Morgan fingerprint density at radius 2 is 1.77 bits per heavy atom. The van der Waals surface area contributed by atoms with E-state index >= 15 is 0 Å². The number of hydrogen-bond donors (Lipinski definition) is 4. The van der Waals surface area contributed by atoms with Gasteiger partial charge in [-0.3, -0.25) is 14.9 Å². The van der Waals surface area contributed by atoms with Crippen LogP contribution in [0.1, 0.15) is 12.8 Å². The van der Waals surface area contributed by atoms with Crippen LogP contribution in [0, 0.1) is 0 Å². The van der Waals surface area contributed by atoms with Crippen LogP contribution in [0.25, 0.3) is 0 Å². The lowest BCUT2D eigenvalue weighted by molar-refractivity contribution is -0.141. The third-order valence-electron chi connectivity index (χ3n) is 2.03. The van der Waals surface area contributed by atoms with Crippen LogP contribution >= 0.6 is 0 Å². The van der Waals surface area contributed by atoms with Crippen LogP contribution in [-0.4, -0.2) is 40.9 Å². The summed E-state index contributed by atoms with van der Waals surface area (Å²) in [5, 5.41) is 22.9. The average Bonchev–Trinajstić information content (AvgIpc) is 2.33. The maximum absolute atomic E-state index is 10.5. The van der Waals surface area contributed by atoms with Gasteiger partial charge in [0, 0.05) is 13.2 Å². The Morgan fingerprint density at radius 3 is 2.08 bits per heavy atom. The molecule has 1 aliphatic heterocycles. The van der Waals surface area contributed by atoms with Crippen LogP contribution in [0.2, 0.25) is 0 Å². The quantitative estimate of drug-likeness (QED) is 0.443. The maximum Gasteiger partial charge on any atom is 0.305 e. The van der Waals surface area contributed by atoms with Crippen LogP contribution in [0.5, 0.6) is 0 Å². The Labute approximate surface area is 74.9 Å². The third-order valence-corrected chi connectivity index (χ3v) is 2.03.